The third-order valence-corrected chi connectivity index (χ3v) is 12.9. The summed E-state index contributed by atoms with van der Waals surface area (Å²) >= 11 is 0. The lowest BCUT2D eigenvalue weighted by atomic mass is 9.86. The molecule has 1 aliphatic heterocycles. The highest BCUT2D eigenvalue weighted by molar-refractivity contribution is 5.99. The van der Waals surface area contributed by atoms with E-state index in [0.29, 0.717) is 31.2 Å². The van der Waals surface area contributed by atoms with Crippen LogP contribution in [0.25, 0.3) is 0 Å². The molecule has 8 amide bonds. The van der Waals surface area contributed by atoms with Crippen molar-refractivity contribution in [2.75, 3.05) is 19.6 Å². The summed E-state index contributed by atoms with van der Waals surface area (Å²) in [5, 5.41) is 20.1. The molecule has 1 heterocycles. The van der Waals surface area contributed by atoms with Gasteiger partial charge in [0.1, 0.15) is 11.5 Å². The molecule has 1 saturated heterocycles. The fraction of sp³-hybridized carbons (Fsp3) is 0.625. The van der Waals surface area contributed by atoms with Crippen molar-refractivity contribution in [2.45, 2.75) is 136 Å². The number of nitrogens with zero attached hydrogens (tertiary/aromatic N) is 1. The predicted molar refractivity (Wildman–Crippen MR) is 248 cm³/mol. The maximum atomic E-state index is 14.6. The number of aromatic hydroxyl groups is 1. The zero-order valence-corrected chi connectivity index (χ0v) is 40.1. The Morgan fingerprint density at radius 2 is 1.45 bits per heavy atom. The van der Waals surface area contributed by atoms with Gasteiger partial charge >= 0.3 is 0 Å². The van der Waals surface area contributed by atoms with Crippen molar-refractivity contribution >= 4 is 70.4 Å². The van der Waals surface area contributed by atoms with E-state index >= 15 is 0 Å². The number of carbonyl (C=O) groups is 12. The van der Waals surface area contributed by atoms with Gasteiger partial charge in [0.2, 0.25) is 47.3 Å². The van der Waals surface area contributed by atoms with E-state index in [1.54, 1.807) is 32.9 Å². The fourth-order valence-corrected chi connectivity index (χ4v) is 8.21. The molecule has 380 valence electrons. The van der Waals surface area contributed by atoms with Crippen molar-refractivity contribution < 1.29 is 62.6 Å². The number of nitrogens with two attached hydrogens (primary N) is 3. The Balaban J connectivity index is 2.06. The average Bonchev–Trinajstić information content (AvgIpc) is 4.14. The molecule has 1 aliphatic carbocycles. The van der Waals surface area contributed by atoms with Crippen LogP contribution in [0.4, 0.5) is 0 Å². The van der Waals surface area contributed by atoms with E-state index in [9.17, 15) is 62.6 Å². The highest BCUT2D eigenvalue weighted by Crippen LogP contribution is 2.30. The van der Waals surface area contributed by atoms with E-state index in [-0.39, 0.29) is 56.6 Å². The lowest BCUT2D eigenvalue weighted by molar-refractivity contribution is -0.142. The van der Waals surface area contributed by atoms with Crippen molar-refractivity contribution in [2.24, 2.45) is 52.7 Å². The van der Waals surface area contributed by atoms with Crippen molar-refractivity contribution in [3.05, 3.63) is 29.8 Å². The van der Waals surface area contributed by atoms with Gasteiger partial charge in [-0.15, -0.1) is 0 Å². The number of ketones is 4. The van der Waals surface area contributed by atoms with Gasteiger partial charge in [-0.2, -0.15) is 0 Å². The summed E-state index contributed by atoms with van der Waals surface area (Å²) in [7, 11) is 0. The number of phenols is 1. The molecule has 11 N–H and O–H groups in total. The van der Waals surface area contributed by atoms with Gasteiger partial charge in [0.25, 0.3) is 0 Å². The number of hydrogen-bond acceptors (Lipinski definition) is 13. The molecule has 0 radical (unpaired) electrons. The van der Waals surface area contributed by atoms with Crippen molar-refractivity contribution in [3.8, 4) is 5.75 Å². The Hall–Kier alpha value is -6.54. The lowest BCUT2D eigenvalue weighted by Gasteiger charge is -2.29. The van der Waals surface area contributed by atoms with Crippen LogP contribution in [-0.2, 0) is 64.0 Å². The second-order valence-corrected chi connectivity index (χ2v) is 18.6. The molecule has 8 atom stereocenters. The molecule has 0 aromatic heterocycles. The Labute approximate surface area is 401 Å². The second kappa shape index (κ2) is 27.5. The minimum atomic E-state index is -1.66. The van der Waals surface area contributed by atoms with Crippen LogP contribution in [0.1, 0.15) is 117 Å². The minimum Gasteiger partial charge on any atom is -0.508 e. The van der Waals surface area contributed by atoms with E-state index < -0.39 is 157 Å². The van der Waals surface area contributed by atoms with Crippen LogP contribution in [0, 0.1) is 35.5 Å². The molecule has 1 aromatic carbocycles. The van der Waals surface area contributed by atoms with Crippen LogP contribution in [0.3, 0.4) is 0 Å². The van der Waals surface area contributed by atoms with Gasteiger partial charge in [0.15, 0.2) is 17.3 Å². The Kier molecular flexibility index (Phi) is 22.6. The fourth-order valence-electron chi connectivity index (χ4n) is 8.21. The van der Waals surface area contributed by atoms with E-state index in [4.69, 9.17) is 17.2 Å². The van der Waals surface area contributed by atoms with Crippen LogP contribution < -0.4 is 38.5 Å². The number of primary amides is 3. The maximum absolute atomic E-state index is 14.6. The molecule has 21 heteroatoms. The molecule has 21 nitrogen and oxygen atoms in total. The topological polar surface area (TPSA) is 354 Å². The van der Waals surface area contributed by atoms with Gasteiger partial charge in [-0.1, -0.05) is 52.7 Å². The van der Waals surface area contributed by atoms with Crippen LogP contribution >= 0.6 is 0 Å². The van der Waals surface area contributed by atoms with Gasteiger partial charge < -0.3 is 48.5 Å². The molecular weight excluding hydrogens is 897 g/mol. The number of nitrogens with one attached hydrogen (secondary N) is 4. The smallest absolute Gasteiger partial charge is 0.236 e. The average molecular weight is 967 g/mol. The summed E-state index contributed by atoms with van der Waals surface area (Å²) in [5.41, 5.74) is 16.8. The van der Waals surface area contributed by atoms with E-state index in [0.717, 1.165) is 0 Å². The zero-order valence-electron chi connectivity index (χ0n) is 40.1. The summed E-state index contributed by atoms with van der Waals surface area (Å²) in [6, 6.07) is 2.69. The minimum absolute atomic E-state index is 0.00888. The van der Waals surface area contributed by atoms with E-state index in [1.165, 1.54) is 17.0 Å². The molecule has 0 unspecified atom stereocenters. The van der Waals surface area contributed by atoms with Crippen molar-refractivity contribution in [3.63, 3.8) is 0 Å². The molecule has 0 bridgehead atoms. The summed E-state index contributed by atoms with van der Waals surface area (Å²) < 4.78 is 0. The second-order valence-electron chi connectivity index (χ2n) is 18.6. The van der Waals surface area contributed by atoms with Gasteiger partial charge in [-0.25, -0.2) is 0 Å². The van der Waals surface area contributed by atoms with Gasteiger partial charge in [0.05, 0.1) is 37.5 Å². The third kappa shape index (κ3) is 19.2. The Morgan fingerprint density at radius 1 is 0.797 bits per heavy atom. The Bertz CT molecular complexity index is 2070. The van der Waals surface area contributed by atoms with Gasteiger partial charge in [-0.3, -0.25) is 57.5 Å². The number of hydrogen-bond donors (Lipinski definition) is 8. The standard InChI is InChI=1S/C48H70N8O13/c1-5-26(3)36(47(68)53-24-42(51)64)21-35(59)25-56(32-10-11-32)48(69)31-20-38(60)37(22-41(50)63)54-45(66)29(9-15-40(49)62)19-39(61)44(27(4)6-2)55-46(67)30(17-28-7-12-33(57)13-8-28)18-34(58)14-16-43(65)52-23-31/h7-8,12-13,26-27,29-32,36-37,44,57H,5-6,9-11,14-25H2,1-4H3,(H2,49,62)(H2,50,63)(H2,51,64)(H,52,65)(H,53,68)(H,54,66)(H,55,67)/t26-,27+,29-,30-,31+,36-,37+,44+/m1/s1. The van der Waals surface area contributed by atoms with Crippen LogP contribution in [0.2, 0.25) is 0 Å². The number of Topliss-reactive ketones (excluding diaryl/α,β-unsaturated/α-hetero) is 4. The van der Waals surface area contributed by atoms with Crippen LogP contribution in [0.5, 0.6) is 5.75 Å². The first-order valence-corrected chi connectivity index (χ1v) is 23.7. The molecule has 1 aromatic rings. The Morgan fingerprint density at radius 3 is 2.03 bits per heavy atom. The normalized spacial score (nSPS) is 22.7. The first-order chi connectivity index (χ1) is 32.5. The molecule has 1 saturated carbocycles. The summed E-state index contributed by atoms with van der Waals surface area (Å²) in [4.78, 5) is 162. The highest BCUT2D eigenvalue weighted by Gasteiger charge is 2.41. The van der Waals surface area contributed by atoms with Crippen LogP contribution in [-0.4, -0.2) is 118 Å². The van der Waals surface area contributed by atoms with Crippen LogP contribution in [0.15, 0.2) is 24.3 Å². The van der Waals surface area contributed by atoms with Crippen molar-refractivity contribution in [1.82, 2.24) is 26.2 Å². The summed E-state index contributed by atoms with van der Waals surface area (Å²) in [6.45, 7) is 5.66. The number of rotatable bonds is 20. The number of benzene rings is 1. The SMILES string of the molecule is CC[C@@H](C)[C@@H](CC(=O)CN(C(=O)[C@@H]1CNC(=O)CCC(=O)C[C@@H](Cc2ccc(O)cc2)C(=O)N[C@@H]([C@@H](C)CC)C(=O)C[C@@H](CCC(N)=O)C(=O)N[C@@H](CC(N)=O)C(=O)C1)C1CC1)C(=O)NCC(N)=O. The van der Waals surface area contributed by atoms with E-state index in [1.807, 2.05) is 6.92 Å². The molecule has 0 spiro atoms. The first kappa shape index (κ1) is 56.8. The van der Waals surface area contributed by atoms with Gasteiger partial charge in [0, 0.05) is 75.3 Å². The quantitative estimate of drug-likeness (QED) is 0.0851. The monoisotopic (exact) mass is 967 g/mol. The number of phenolic OH excluding ortho intramolecular Hbond substituents is 1. The molecular formula is C48H70N8O13. The number of carbonyl (C=O) groups excluding carboxylic acids is 12. The molecule has 3 rings (SSSR count). The highest BCUT2D eigenvalue weighted by atomic mass is 16.3. The molecule has 2 aliphatic rings. The molecule has 69 heavy (non-hydrogen) atoms. The zero-order chi connectivity index (χ0) is 51.5. The maximum Gasteiger partial charge on any atom is 0.236 e. The summed E-state index contributed by atoms with van der Waals surface area (Å²) in [6.07, 6.45) is -2.09. The summed E-state index contributed by atoms with van der Waals surface area (Å²) in [5.74, 6) is -14.1. The largest absolute Gasteiger partial charge is 0.508 e. The first-order valence-electron chi connectivity index (χ1n) is 23.7. The van der Waals surface area contributed by atoms with Crippen molar-refractivity contribution in [1.29, 1.82) is 0 Å². The predicted octanol–water partition coefficient (Wildman–Crippen LogP) is -0.0585. The number of amides is 8. The van der Waals surface area contributed by atoms with Gasteiger partial charge in [-0.05, 0) is 55.2 Å². The lowest BCUT2D eigenvalue weighted by Crippen LogP contribution is -2.51. The van der Waals surface area contributed by atoms with E-state index in [2.05, 4.69) is 21.3 Å². The molecule has 2 fully saturated rings. The third-order valence-electron chi connectivity index (χ3n) is 12.9.